The first-order valence-electron chi connectivity index (χ1n) is 9.70. The molecule has 25 heavy (non-hydrogen) atoms. The van der Waals surface area contributed by atoms with Gasteiger partial charge in [-0.15, -0.1) is 0 Å². The van der Waals surface area contributed by atoms with Gasteiger partial charge in [0.25, 0.3) is 0 Å². The topological polar surface area (TPSA) is 53.6 Å². The van der Waals surface area contributed by atoms with Crippen LogP contribution in [-0.2, 0) is 4.74 Å². The van der Waals surface area contributed by atoms with Gasteiger partial charge in [0, 0.05) is 44.1 Å². The zero-order valence-corrected chi connectivity index (χ0v) is 14.9. The lowest BCUT2D eigenvalue weighted by Gasteiger charge is -2.40. The molecule has 1 spiro atoms. The Balaban J connectivity index is 1.31. The second-order valence-electron chi connectivity index (χ2n) is 7.81. The fourth-order valence-corrected chi connectivity index (χ4v) is 4.86. The zero-order valence-electron chi connectivity index (χ0n) is 14.9. The van der Waals surface area contributed by atoms with Gasteiger partial charge in [-0.25, -0.2) is 4.79 Å². The van der Waals surface area contributed by atoms with Gasteiger partial charge in [0.2, 0.25) is 0 Å². The van der Waals surface area contributed by atoms with E-state index in [9.17, 15) is 4.79 Å². The number of likely N-dealkylation sites (tertiary alicyclic amines) is 1. The molecule has 2 aliphatic heterocycles. The maximum atomic E-state index is 12.5. The minimum Gasteiger partial charge on any atom is -0.381 e. The third-order valence-corrected chi connectivity index (χ3v) is 6.33. The smallest absolute Gasteiger partial charge is 0.321 e. The number of rotatable bonds is 3. The van der Waals surface area contributed by atoms with Crippen molar-refractivity contribution in [1.82, 2.24) is 10.2 Å². The molecule has 2 unspecified atom stereocenters. The Hall–Kier alpha value is -1.59. The lowest BCUT2D eigenvalue weighted by atomic mass is 9.75. The average Bonchev–Trinajstić information content (AvgIpc) is 3.25. The first-order valence-corrected chi connectivity index (χ1v) is 9.70. The number of urea groups is 1. The number of ether oxygens (including phenoxy) is 1. The van der Waals surface area contributed by atoms with Crippen LogP contribution in [0.1, 0.15) is 38.5 Å². The highest BCUT2D eigenvalue weighted by Gasteiger charge is 2.44. The van der Waals surface area contributed by atoms with Crippen LogP contribution in [0.4, 0.5) is 10.5 Å². The van der Waals surface area contributed by atoms with Crippen molar-refractivity contribution in [3.05, 3.63) is 30.3 Å². The Kier molecular flexibility index (Phi) is 4.95. The molecule has 1 aromatic carbocycles. The summed E-state index contributed by atoms with van der Waals surface area (Å²) in [4.78, 5) is 14.4. The normalized spacial score (nSPS) is 28.4. The molecule has 2 heterocycles. The largest absolute Gasteiger partial charge is 0.381 e. The number of carbonyl (C=O) groups excluding carboxylic acids is 1. The van der Waals surface area contributed by atoms with E-state index in [1.165, 1.54) is 32.1 Å². The summed E-state index contributed by atoms with van der Waals surface area (Å²) < 4.78 is 5.59. The van der Waals surface area contributed by atoms with E-state index in [0.29, 0.717) is 17.5 Å². The van der Waals surface area contributed by atoms with Crippen molar-refractivity contribution in [3.8, 4) is 0 Å². The van der Waals surface area contributed by atoms with Gasteiger partial charge in [0.05, 0.1) is 0 Å². The van der Waals surface area contributed by atoms with Gasteiger partial charge in [-0.1, -0.05) is 24.6 Å². The highest BCUT2D eigenvalue weighted by Crippen LogP contribution is 2.46. The molecule has 2 N–H and O–H groups in total. The number of carbonyl (C=O) groups is 1. The van der Waals surface area contributed by atoms with E-state index in [4.69, 9.17) is 4.74 Å². The van der Waals surface area contributed by atoms with Crippen molar-refractivity contribution in [1.29, 1.82) is 0 Å². The van der Waals surface area contributed by atoms with Gasteiger partial charge < -0.3 is 20.3 Å². The number of anilines is 1. The van der Waals surface area contributed by atoms with Crippen LogP contribution in [0.3, 0.4) is 0 Å². The molecule has 2 amide bonds. The van der Waals surface area contributed by atoms with E-state index < -0.39 is 0 Å². The predicted molar refractivity (Wildman–Crippen MR) is 98.7 cm³/mol. The van der Waals surface area contributed by atoms with Crippen molar-refractivity contribution in [2.45, 2.75) is 50.6 Å². The first kappa shape index (κ1) is 16.9. The average molecular weight is 343 g/mol. The molecule has 1 saturated carbocycles. The van der Waals surface area contributed by atoms with Crippen LogP contribution in [0.2, 0.25) is 0 Å². The molecule has 4 rings (SSSR count). The molecule has 5 nitrogen and oxygen atoms in total. The van der Waals surface area contributed by atoms with Gasteiger partial charge >= 0.3 is 6.03 Å². The summed E-state index contributed by atoms with van der Waals surface area (Å²) in [5.41, 5.74) is 1.30. The lowest BCUT2D eigenvalue weighted by Crippen LogP contribution is -2.49. The number of hydrogen-bond donors (Lipinski definition) is 2. The van der Waals surface area contributed by atoms with Gasteiger partial charge in [-0.2, -0.15) is 0 Å². The molecule has 3 aliphatic rings. The van der Waals surface area contributed by atoms with Crippen molar-refractivity contribution >= 4 is 11.7 Å². The molecule has 1 aliphatic carbocycles. The molecule has 5 heteroatoms. The molecule has 2 atom stereocenters. The second kappa shape index (κ2) is 7.34. The molecule has 0 bridgehead atoms. The molecule has 3 fully saturated rings. The highest BCUT2D eigenvalue weighted by atomic mass is 16.5. The summed E-state index contributed by atoms with van der Waals surface area (Å²) in [6.07, 6.45) is 7.35. The third kappa shape index (κ3) is 3.67. The number of nitrogens with zero attached hydrogens (tertiary/aromatic N) is 1. The number of amides is 2. The number of benzene rings is 1. The zero-order chi connectivity index (χ0) is 17.1. The minimum absolute atomic E-state index is 0.0164. The SMILES string of the molecule is O=C(Nc1ccccc1)N1CCC(NC2CCCC23CCOCC3)C1. The van der Waals surface area contributed by atoms with Gasteiger partial charge in [0.15, 0.2) is 0 Å². The van der Waals surface area contributed by atoms with Crippen molar-refractivity contribution in [3.63, 3.8) is 0 Å². The highest BCUT2D eigenvalue weighted by molar-refractivity contribution is 5.89. The Bertz CT molecular complexity index is 586. The van der Waals surface area contributed by atoms with Crippen LogP contribution < -0.4 is 10.6 Å². The molecule has 0 aromatic heterocycles. The van der Waals surface area contributed by atoms with E-state index in [-0.39, 0.29) is 6.03 Å². The summed E-state index contributed by atoms with van der Waals surface area (Å²) in [7, 11) is 0. The van der Waals surface area contributed by atoms with Crippen LogP contribution >= 0.6 is 0 Å². The summed E-state index contributed by atoms with van der Waals surface area (Å²) >= 11 is 0. The standard InChI is InChI=1S/C20H29N3O2/c24-19(22-16-5-2-1-3-6-16)23-12-8-17(15-23)21-18-7-4-9-20(18)10-13-25-14-11-20/h1-3,5-6,17-18,21H,4,7-15H2,(H,22,24). The van der Waals surface area contributed by atoms with Crippen LogP contribution in [0, 0.1) is 5.41 Å². The number of para-hydroxylation sites is 1. The monoisotopic (exact) mass is 343 g/mol. The Morgan fingerprint density at radius 1 is 1.12 bits per heavy atom. The summed E-state index contributed by atoms with van der Waals surface area (Å²) in [6, 6.07) is 10.7. The second-order valence-corrected chi connectivity index (χ2v) is 7.81. The summed E-state index contributed by atoms with van der Waals surface area (Å²) in [5.74, 6) is 0. The summed E-state index contributed by atoms with van der Waals surface area (Å²) in [6.45, 7) is 3.46. The molecular formula is C20H29N3O2. The van der Waals surface area contributed by atoms with E-state index in [0.717, 1.165) is 38.4 Å². The van der Waals surface area contributed by atoms with E-state index >= 15 is 0 Å². The first-order chi connectivity index (χ1) is 12.3. The van der Waals surface area contributed by atoms with Crippen LogP contribution in [-0.4, -0.2) is 49.3 Å². The van der Waals surface area contributed by atoms with Crippen molar-refractivity contribution < 1.29 is 9.53 Å². The van der Waals surface area contributed by atoms with Crippen molar-refractivity contribution in [2.75, 3.05) is 31.6 Å². The van der Waals surface area contributed by atoms with E-state index in [1.54, 1.807) is 0 Å². The maximum Gasteiger partial charge on any atom is 0.321 e. The fraction of sp³-hybridized carbons (Fsp3) is 0.650. The quantitative estimate of drug-likeness (QED) is 0.886. The van der Waals surface area contributed by atoms with Crippen LogP contribution in [0.15, 0.2) is 30.3 Å². The Labute approximate surface area is 150 Å². The number of nitrogens with one attached hydrogen (secondary N) is 2. The third-order valence-electron chi connectivity index (χ3n) is 6.33. The Morgan fingerprint density at radius 2 is 1.92 bits per heavy atom. The number of hydrogen-bond acceptors (Lipinski definition) is 3. The van der Waals surface area contributed by atoms with E-state index in [2.05, 4.69) is 10.6 Å². The van der Waals surface area contributed by atoms with E-state index in [1.807, 2.05) is 35.2 Å². The van der Waals surface area contributed by atoms with Gasteiger partial charge in [-0.3, -0.25) is 0 Å². The Morgan fingerprint density at radius 3 is 2.72 bits per heavy atom. The fourth-order valence-electron chi connectivity index (χ4n) is 4.86. The minimum atomic E-state index is 0.0164. The lowest BCUT2D eigenvalue weighted by molar-refractivity contribution is 0.00273. The van der Waals surface area contributed by atoms with Gasteiger partial charge in [-0.05, 0) is 49.7 Å². The molecule has 0 radical (unpaired) electrons. The summed E-state index contributed by atoms with van der Waals surface area (Å²) in [5, 5.41) is 6.91. The maximum absolute atomic E-state index is 12.5. The molecule has 1 aromatic rings. The molecular weight excluding hydrogens is 314 g/mol. The predicted octanol–water partition coefficient (Wildman–Crippen LogP) is 3.23. The molecule has 2 saturated heterocycles. The van der Waals surface area contributed by atoms with Crippen LogP contribution in [0.25, 0.3) is 0 Å². The van der Waals surface area contributed by atoms with Gasteiger partial charge in [0.1, 0.15) is 0 Å². The molecule has 136 valence electrons. The van der Waals surface area contributed by atoms with Crippen molar-refractivity contribution in [2.24, 2.45) is 5.41 Å². The van der Waals surface area contributed by atoms with Crippen LogP contribution in [0.5, 0.6) is 0 Å².